The van der Waals surface area contributed by atoms with E-state index in [9.17, 15) is 8.42 Å². The second-order valence-corrected chi connectivity index (χ2v) is 6.83. The summed E-state index contributed by atoms with van der Waals surface area (Å²) in [6.45, 7) is 4.56. The zero-order chi connectivity index (χ0) is 15.7. The van der Waals surface area contributed by atoms with E-state index in [1.807, 2.05) is 13.8 Å². The van der Waals surface area contributed by atoms with Crippen LogP contribution in [0, 0.1) is 0 Å². The molecule has 1 aliphatic rings. The summed E-state index contributed by atoms with van der Waals surface area (Å²) >= 11 is 0. The topological polar surface area (TPSA) is 99.9 Å². The van der Waals surface area contributed by atoms with Crippen LogP contribution in [0.1, 0.15) is 13.8 Å². The molecule has 0 spiro atoms. The van der Waals surface area contributed by atoms with Gasteiger partial charge in [0.15, 0.2) is 5.79 Å². The number of ether oxygens (including phenoxy) is 3. The highest BCUT2D eigenvalue weighted by Gasteiger charge is 2.28. The number of hydrogen-bond donors (Lipinski definition) is 2. The molecule has 0 bridgehead atoms. The van der Waals surface area contributed by atoms with E-state index in [1.165, 1.54) is 19.2 Å². The molecule has 0 radical (unpaired) electrons. The first-order valence-corrected chi connectivity index (χ1v) is 8.01. The second kappa shape index (κ2) is 5.80. The molecule has 7 nitrogen and oxygen atoms in total. The van der Waals surface area contributed by atoms with Gasteiger partial charge in [0.2, 0.25) is 10.0 Å². The minimum atomic E-state index is -3.77. The van der Waals surface area contributed by atoms with Crippen molar-refractivity contribution in [2.45, 2.75) is 30.6 Å². The van der Waals surface area contributed by atoms with Crippen molar-refractivity contribution >= 4 is 15.7 Å². The first-order valence-electron chi connectivity index (χ1n) is 6.46. The third kappa shape index (κ3) is 4.07. The zero-order valence-corrected chi connectivity index (χ0v) is 13.1. The predicted molar refractivity (Wildman–Crippen MR) is 77.8 cm³/mol. The van der Waals surface area contributed by atoms with Crippen molar-refractivity contribution in [3.8, 4) is 5.75 Å². The molecule has 1 saturated heterocycles. The van der Waals surface area contributed by atoms with E-state index in [-0.39, 0.29) is 10.9 Å². The van der Waals surface area contributed by atoms with E-state index in [1.54, 1.807) is 6.07 Å². The minimum absolute atomic E-state index is 0.0174. The Morgan fingerprint density at radius 1 is 1.33 bits per heavy atom. The lowest BCUT2D eigenvalue weighted by atomic mass is 10.2. The van der Waals surface area contributed by atoms with Crippen molar-refractivity contribution in [2.24, 2.45) is 5.14 Å². The summed E-state index contributed by atoms with van der Waals surface area (Å²) in [6.07, 6.45) is 0. The summed E-state index contributed by atoms with van der Waals surface area (Å²) < 4.78 is 39.2. The van der Waals surface area contributed by atoms with Gasteiger partial charge in [-0.05, 0) is 32.0 Å². The molecule has 1 heterocycles. The van der Waals surface area contributed by atoms with Crippen molar-refractivity contribution in [1.29, 1.82) is 0 Å². The summed E-state index contributed by atoms with van der Waals surface area (Å²) in [4.78, 5) is 0.0174. The summed E-state index contributed by atoms with van der Waals surface area (Å²) in [7, 11) is -2.26. The van der Waals surface area contributed by atoms with Crippen LogP contribution in [-0.2, 0) is 19.5 Å². The maximum atomic E-state index is 11.4. The van der Waals surface area contributed by atoms with Gasteiger partial charge in [0.25, 0.3) is 0 Å². The van der Waals surface area contributed by atoms with Gasteiger partial charge in [-0.1, -0.05) is 0 Å². The van der Waals surface area contributed by atoms with Gasteiger partial charge in [-0.3, -0.25) is 0 Å². The van der Waals surface area contributed by atoms with E-state index >= 15 is 0 Å². The van der Waals surface area contributed by atoms with Gasteiger partial charge >= 0.3 is 0 Å². The van der Waals surface area contributed by atoms with Gasteiger partial charge in [0.1, 0.15) is 5.75 Å². The molecule has 0 aromatic heterocycles. The Bertz CT molecular complexity index is 605. The van der Waals surface area contributed by atoms with E-state index in [0.29, 0.717) is 24.7 Å². The molecular weight excluding hydrogens is 296 g/mol. The van der Waals surface area contributed by atoms with Crippen LogP contribution < -0.4 is 15.2 Å². The first kappa shape index (κ1) is 16.0. The van der Waals surface area contributed by atoms with Gasteiger partial charge < -0.3 is 19.5 Å². The van der Waals surface area contributed by atoms with E-state index < -0.39 is 15.8 Å². The van der Waals surface area contributed by atoms with E-state index in [2.05, 4.69) is 5.32 Å². The average Bonchev–Trinajstić information content (AvgIpc) is 2.40. The van der Waals surface area contributed by atoms with Crippen LogP contribution in [0.5, 0.6) is 5.75 Å². The Labute approximate surface area is 124 Å². The Hall–Kier alpha value is -1.35. The van der Waals surface area contributed by atoms with Crippen LogP contribution in [0.25, 0.3) is 0 Å². The predicted octanol–water partition coefficient (Wildman–Crippen LogP) is 0.906. The molecule has 0 unspecified atom stereocenters. The summed E-state index contributed by atoms with van der Waals surface area (Å²) in [6, 6.07) is 4.28. The van der Waals surface area contributed by atoms with Gasteiger partial charge in [-0.2, -0.15) is 0 Å². The van der Waals surface area contributed by atoms with Gasteiger partial charge in [0, 0.05) is 0 Å². The Morgan fingerprint density at radius 3 is 2.48 bits per heavy atom. The maximum absolute atomic E-state index is 11.4. The molecule has 2 rings (SSSR count). The normalized spacial score (nSPS) is 19.2. The van der Waals surface area contributed by atoms with Crippen molar-refractivity contribution < 1.29 is 22.6 Å². The average molecular weight is 316 g/mol. The number of methoxy groups -OCH3 is 1. The van der Waals surface area contributed by atoms with Crippen molar-refractivity contribution in [2.75, 3.05) is 25.6 Å². The van der Waals surface area contributed by atoms with Crippen LogP contribution >= 0.6 is 0 Å². The second-order valence-electron chi connectivity index (χ2n) is 5.27. The summed E-state index contributed by atoms with van der Waals surface area (Å²) in [5.74, 6) is -0.0858. The standard InChI is InChI=1S/C13H20N2O5S/c1-13(2)19-7-9(8-20-13)15-11-6-10(21(14,16)17)4-5-12(11)18-3/h4-6,9,15H,7-8H2,1-3H3,(H2,14,16,17). The van der Waals surface area contributed by atoms with Crippen molar-refractivity contribution in [1.82, 2.24) is 0 Å². The molecule has 1 aromatic rings. The number of anilines is 1. The molecule has 3 N–H and O–H groups in total. The van der Waals surface area contributed by atoms with Crippen LogP contribution in [0.4, 0.5) is 5.69 Å². The highest BCUT2D eigenvalue weighted by molar-refractivity contribution is 7.89. The fourth-order valence-corrected chi connectivity index (χ4v) is 2.51. The van der Waals surface area contributed by atoms with E-state index in [4.69, 9.17) is 19.3 Å². The molecular formula is C13H20N2O5S. The number of benzene rings is 1. The molecule has 8 heteroatoms. The highest BCUT2D eigenvalue weighted by atomic mass is 32.2. The lowest BCUT2D eigenvalue weighted by Crippen LogP contribution is -2.45. The van der Waals surface area contributed by atoms with Gasteiger partial charge in [-0.15, -0.1) is 0 Å². The van der Waals surface area contributed by atoms with Crippen LogP contribution in [0.15, 0.2) is 23.1 Å². The van der Waals surface area contributed by atoms with Crippen molar-refractivity contribution in [3.05, 3.63) is 18.2 Å². The molecule has 1 aromatic carbocycles. The molecule has 0 aliphatic carbocycles. The Balaban J connectivity index is 2.19. The third-order valence-corrected chi connectivity index (χ3v) is 4.03. The lowest BCUT2D eigenvalue weighted by Gasteiger charge is -2.35. The molecule has 21 heavy (non-hydrogen) atoms. The largest absolute Gasteiger partial charge is 0.495 e. The number of primary sulfonamides is 1. The number of nitrogens with one attached hydrogen (secondary N) is 1. The molecule has 0 atom stereocenters. The zero-order valence-electron chi connectivity index (χ0n) is 12.3. The monoisotopic (exact) mass is 316 g/mol. The van der Waals surface area contributed by atoms with Gasteiger partial charge in [-0.25, -0.2) is 13.6 Å². The number of sulfonamides is 1. The minimum Gasteiger partial charge on any atom is -0.495 e. The fraction of sp³-hybridized carbons (Fsp3) is 0.538. The molecule has 1 fully saturated rings. The summed E-state index contributed by atoms with van der Waals surface area (Å²) in [5.41, 5.74) is 0.529. The third-order valence-electron chi connectivity index (χ3n) is 3.12. The summed E-state index contributed by atoms with van der Waals surface area (Å²) in [5, 5.41) is 8.30. The van der Waals surface area contributed by atoms with Crippen LogP contribution in [0.2, 0.25) is 0 Å². The number of rotatable bonds is 4. The number of hydrogen-bond acceptors (Lipinski definition) is 6. The van der Waals surface area contributed by atoms with Crippen LogP contribution in [-0.4, -0.2) is 40.6 Å². The highest BCUT2D eigenvalue weighted by Crippen LogP contribution is 2.29. The van der Waals surface area contributed by atoms with Crippen molar-refractivity contribution in [3.63, 3.8) is 0 Å². The molecule has 0 amide bonds. The first-order chi connectivity index (χ1) is 9.71. The smallest absolute Gasteiger partial charge is 0.238 e. The Kier molecular flexibility index (Phi) is 4.43. The quantitative estimate of drug-likeness (QED) is 0.856. The SMILES string of the molecule is COc1ccc(S(N)(=O)=O)cc1NC1COC(C)(C)OC1. The maximum Gasteiger partial charge on any atom is 0.238 e. The fourth-order valence-electron chi connectivity index (χ4n) is 1.97. The molecule has 1 aliphatic heterocycles. The lowest BCUT2D eigenvalue weighted by molar-refractivity contribution is -0.247. The van der Waals surface area contributed by atoms with Crippen LogP contribution in [0.3, 0.4) is 0 Å². The Morgan fingerprint density at radius 2 is 1.95 bits per heavy atom. The molecule has 0 saturated carbocycles. The van der Waals surface area contributed by atoms with Gasteiger partial charge in [0.05, 0.1) is 36.9 Å². The number of nitrogens with two attached hydrogens (primary N) is 1. The van der Waals surface area contributed by atoms with E-state index in [0.717, 1.165) is 0 Å². The molecule has 118 valence electrons.